The van der Waals surface area contributed by atoms with Crippen LogP contribution in [0.5, 0.6) is 5.75 Å². The van der Waals surface area contributed by atoms with Gasteiger partial charge in [-0.2, -0.15) is 14.0 Å². The molecule has 0 saturated heterocycles. The Labute approximate surface area is 198 Å². The van der Waals surface area contributed by atoms with Gasteiger partial charge in [-0.3, -0.25) is 14.5 Å². The second-order valence-corrected chi connectivity index (χ2v) is 8.59. The number of pyridine rings is 2. The van der Waals surface area contributed by atoms with Gasteiger partial charge >= 0.3 is 12.3 Å². The molecule has 0 spiro atoms. The number of hydrogen-bond acceptors (Lipinski definition) is 5. The highest BCUT2D eigenvalue weighted by molar-refractivity contribution is 6.04. The van der Waals surface area contributed by atoms with Crippen molar-refractivity contribution in [1.82, 2.24) is 19.5 Å². The number of imidazole rings is 1. The van der Waals surface area contributed by atoms with Crippen molar-refractivity contribution in [3.63, 3.8) is 0 Å². The quantitative estimate of drug-likeness (QED) is 0.374. The van der Waals surface area contributed by atoms with Crippen molar-refractivity contribution < 1.29 is 13.5 Å². The predicted octanol–water partition coefficient (Wildman–Crippen LogP) is 5.33. The number of fused-ring (bicyclic) bond motifs is 3. The fourth-order valence-electron chi connectivity index (χ4n) is 4.05. The first-order valence-corrected chi connectivity index (χ1v) is 10.7. The number of benzene rings is 2. The number of nitriles is 1. The molecule has 174 valence electrons. The first kappa shape index (κ1) is 22.2. The van der Waals surface area contributed by atoms with E-state index in [0.29, 0.717) is 38.8 Å². The van der Waals surface area contributed by atoms with Gasteiger partial charge in [0.2, 0.25) is 0 Å². The minimum absolute atomic E-state index is 0.0483. The van der Waals surface area contributed by atoms with E-state index in [1.165, 1.54) is 12.3 Å². The van der Waals surface area contributed by atoms with E-state index >= 15 is 0 Å². The van der Waals surface area contributed by atoms with Gasteiger partial charge in [0.25, 0.3) is 0 Å². The summed E-state index contributed by atoms with van der Waals surface area (Å²) in [5.41, 5.74) is 3.59. The molecule has 0 unspecified atom stereocenters. The summed E-state index contributed by atoms with van der Waals surface area (Å²) in [6, 6.07) is 16.5. The topological polar surface area (TPSA) is 96.6 Å². The molecular weight excluding hydrogens is 452 g/mol. The molecule has 9 heteroatoms. The molecule has 5 rings (SSSR count). The number of aromatic amines is 1. The lowest BCUT2D eigenvalue weighted by Gasteiger charge is -2.16. The number of aromatic nitrogens is 4. The first-order chi connectivity index (χ1) is 16.8. The summed E-state index contributed by atoms with van der Waals surface area (Å²) in [6.45, 7) is 0.708. The van der Waals surface area contributed by atoms with E-state index < -0.39 is 12.0 Å². The number of alkyl halides is 2. The van der Waals surface area contributed by atoms with Gasteiger partial charge in [0.15, 0.2) is 0 Å². The van der Waals surface area contributed by atoms with Crippen LogP contribution in [-0.2, 0) is 5.41 Å². The number of rotatable bonds is 5. The molecular formula is C26H19F2N5O2. The van der Waals surface area contributed by atoms with Gasteiger partial charge in [-0.05, 0) is 55.3 Å². The van der Waals surface area contributed by atoms with Crippen molar-refractivity contribution in [3.05, 3.63) is 83.2 Å². The van der Waals surface area contributed by atoms with E-state index in [2.05, 4.69) is 25.8 Å². The number of hydrogen-bond donors (Lipinski definition) is 1. The SMILES string of the molecule is CC(C)(C#N)c1ccc(-n2c(=O)[nH]c3cnc4ccc(-c5cncc(OC(F)F)c5)cc4c32)cc1. The second kappa shape index (κ2) is 8.33. The Morgan fingerprint density at radius 1 is 1.06 bits per heavy atom. The smallest absolute Gasteiger partial charge is 0.387 e. The van der Waals surface area contributed by atoms with Crippen LogP contribution in [0.3, 0.4) is 0 Å². The maximum Gasteiger partial charge on any atom is 0.387 e. The van der Waals surface area contributed by atoms with E-state index in [9.17, 15) is 18.8 Å². The highest BCUT2D eigenvalue weighted by Crippen LogP contribution is 2.31. The lowest BCUT2D eigenvalue weighted by molar-refractivity contribution is -0.0500. The van der Waals surface area contributed by atoms with E-state index in [1.807, 2.05) is 32.0 Å². The lowest BCUT2D eigenvalue weighted by Crippen LogP contribution is -2.16. The summed E-state index contributed by atoms with van der Waals surface area (Å²) >= 11 is 0. The van der Waals surface area contributed by atoms with Gasteiger partial charge in [-0.25, -0.2) is 4.79 Å². The summed E-state index contributed by atoms with van der Waals surface area (Å²) in [7, 11) is 0. The summed E-state index contributed by atoms with van der Waals surface area (Å²) in [4.78, 5) is 24.2. The van der Waals surface area contributed by atoms with Crippen molar-refractivity contribution >= 4 is 21.9 Å². The zero-order valence-corrected chi connectivity index (χ0v) is 18.8. The Bertz CT molecular complexity index is 1660. The summed E-state index contributed by atoms with van der Waals surface area (Å²) in [5, 5.41) is 10.1. The van der Waals surface area contributed by atoms with E-state index in [1.54, 1.807) is 41.2 Å². The van der Waals surface area contributed by atoms with Crippen LogP contribution in [0.4, 0.5) is 8.78 Å². The normalized spacial score (nSPS) is 11.8. The summed E-state index contributed by atoms with van der Waals surface area (Å²) in [6.07, 6.45) is 4.37. The monoisotopic (exact) mass is 471 g/mol. The molecule has 3 heterocycles. The molecule has 3 aromatic heterocycles. The van der Waals surface area contributed by atoms with Crippen molar-refractivity contribution in [2.24, 2.45) is 0 Å². The third kappa shape index (κ3) is 3.99. The van der Waals surface area contributed by atoms with Crippen molar-refractivity contribution in [1.29, 1.82) is 5.26 Å². The molecule has 2 aromatic carbocycles. The molecule has 0 radical (unpaired) electrons. The maximum absolute atomic E-state index is 13.0. The fraction of sp³-hybridized carbons (Fsp3) is 0.154. The standard InChI is InChI=1S/C26H19F2N5O2/c1-26(2,14-29)17-4-6-18(7-5-17)33-23-20-10-15(16-9-19(12-30-11-16)35-24(27)28)3-8-21(20)31-13-22(23)32-25(33)34/h3-13,24H,1-2H3,(H,32,34). The van der Waals surface area contributed by atoms with Crippen molar-refractivity contribution in [2.75, 3.05) is 0 Å². The Morgan fingerprint density at radius 3 is 2.54 bits per heavy atom. The van der Waals surface area contributed by atoms with Crippen LogP contribution in [0.1, 0.15) is 19.4 Å². The average Bonchev–Trinajstić information content (AvgIpc) is 3.20. The molecule has 5 aromatic rings. The van der Waals surface area contributed by atoms with Crippen LogP contribution in [0.2, 0.25) is 0 Å². The van der Waals surface area contributed by atoms with E-state index in [-0.39, 0.29) is 11.4 Å². The van der Waals surface area contributed by atoms with Crippen LogP contribution in [0.25, 0.3) is 38.8 Å². The molecule has 0 fully saturated rings. The Kier molecular flexibility index (Phi) is 5.29. The van der Waals surface area contributed by atoms with Crippen LogP contribution < -0.4 is 10.4 Å². The maximum atomic E-state index is 13.0. The van der Waals surface area contributed by atoms with Crippen molar-refractivity contribution in [2.45, 2.75) is 25.9 Å². The molecule has 0 aliphatic rings. The summed E-state index contributed by atoms with van der Waals surface area (Å²) in [5.74, 6) is -0.0483. The Balaban J connectivity index is 1.69. The highest BCUT2D eigenvalue weighted by atomic mass is 19.3. The predicted molar refractivity (Wildman–Crippen MR) is 128 cm³/mol. The Morgan fingerprint density at radius 2 is 1.83 bits per heavy atom. The first-order valence-electron chi connectivity index (χ1n) is 10.7. The summed E-state index contributed by atoms with van der Waals surface area (Å²) < 4.78 is 31.3. The minimum atomic E-state index is -2.95. The number of nitrogens with one attached hydrogen (secondary N) is 1. The van der Waals surface area contributed by atoms with E-state index in [4.69, 9.17) is 0 Å². The molecule has 0 aliphatic heterocycles. The molecule has 0 atom stereocenters. The molecule has 35 heavy (non-hydrogen) atoms. The molecule has 0 amide bonds. The molecule has 7 nitrogen and oxygen atoms in total. The number of ether oxygens (including phenoxy) is 1. The Hall–Kier alpha value is -4.58. The number of H-pyrrole nitrogens is 1. The van der Waals surface area contributed by atoms with Gasteiger partial charge in [0.05, 0.1) is 46.1 Å². The van der Waals surface area contributed by atoms with Crippen LogP contribution in [-0.4, -0.2) is 26.1 Å². The van der Waals surface area contributed by atoms with Crippen LogP contribution in [0.15, 0.2) is 71.9 Å². The van der Waals surface area contributed by atoms with Gasteiger partial charge in [0, 0.05) is 17.1 Å². The lowest BCUT2D eigenvalue weighted by atomic mass is 9.86. The van der Waals surface area contributed by atoms with Gasteiger partial charge < -0.3 is 9.72 Å². The van der Waals surface area contributed by atoms with Crippen LogP contribution >= 0.6 is 0 Å². The number of nitrogens with zero attached hydrogens (tertiary/aromatic N) is 4. The third-order valence-corrected chi connectivity index (χ3v) is 5.91. The zero-order chi connectivity index (χ0) is 24.7. The van der Waals surface area contributed by atoms with E-state index in [0.717, 1.165) is 5.56 Å². The third-order valence-electron chi connectivity index (χ3n) is 5.91. The highest BCUT2D eigenvalue weighted by Gasteiger charge is 2.20. The van der Waals surface area contributed by atoms with Gasteiger partial charge in [-0.1, -0.05) is 18.2 Å². The average molecular weight is 471 g/mol. The molecule has 0 bridgehead atoms. The molecule has 0 aliphatic carbocycles. The molecule has 0 saturated carbocycles. The minimum Gasteiger partial charge on any atom is -0.433 e. The molecule has 1 N–H and O–H groups in total. The van der Waals surface area contributed by atoms with Gasteiger partial charge in [-0.15, -0.1) is 0 Å². The van der Waals surface area contributed by atoms with Crippen molar-refractivity contribution in [3.8, 4) is 28.6 Å². The fourth-order valence-corrected chi connectivity index (χ4v) is 4.05. The van der Waals surface area contributed by atoms with Gasteiger partial charge in [0.1, 0.15) is 5.75 Å². The largest absolute Gasteiger partial charge is 0.433 e. The number of halogens is 2. The zero-order valence-electron chi connectivity index (χ0n) is 18.8. The second-order valence-electron chi connectivity index (χ2n) is 8.59. The van der Waals surface area contributed by atoms with Crippen LogP contribution in [0, 0.1) is 11.3 Å².